The van der Waals surface area contributed by atoms with E-state index in [1.807, 2.05) is 32.2 Å². The summed E-state index contributed by atoms with van der Waals surface area (Å²) in [5.41, 5.74) is 2.88. The first-order valence-electron chi connectivity index (χ1n) is 10.7. The van der Waals surface area contributed by atoms with Crippen molar-refractivity contribution >= 4 is 26.9 Å². The molecule has 2 aliphatic rings. The van der Waals surface area contributed by atoms with Gasteiger partial charge >= 0.3 is 0 Å². The Morgan fingerprint density at radius 3 is 2.60 bits per heavy atom. The molecule has 0 atom stereocenters. The van der Waals surface area contributed by atoms with Crippen molar-refractivity contribution in [1.82, 2.24) is 24.5 Å². The van der Waals surface area contributed by atoms with E-state index in [-0.39, 0.29) is 6.10 Å². The summed E-state index contributed by atoms with van der Waals surface area (Å²) in [4.78, 5) is 11.4. The van der Waals surface area contributed by atoms with E-state index in [0.717, 1.165) is 54.2 Å². The molecule has 0 saturated carbocycles. The maximum absolute atomic E-state index is 5.78. The molecule has 7 nitrogen and oxygen atoms in total. The van der Waals surface area contributed by atoms with Gasteiger partial charge in [0, 0.05) is 49.4 Å². The van der Waals surface area contributed by atoms with Gasteiger partial charge in [0.05, 0.1) is 17.8 Å². The first-order chi connectivity index (χ1) is 14.5. The second-order valence-corrected chi connectivity index (χ2v) is 12.4. The fourth-order valence-corrected chi connectivity index (χ4v) is 7.03. The first-order valence-corrected chi connectivity index (χ1v) is 13.1. The van der Waals surface area contributed by atoms with Gasteiger partial charge in [0.15, 0.2) is 0 Å². The second-order valence-electron chi connectivity index (χ2n) is 8.61. The fourth-order valence-electron chi connectivity index (χ4n) is 4.34. The normalized spacial score (nSPS) is 20.3. The van der Waals surface area contributed by atoms with Crippen molar-refractivity contribution in [1.29, 1.82) is 0 Å². The molecule has 2 fully saturated rings. The van der Waals surface area contributed by atoms with Crippen molar-refractivity contribution < 1.29 is 4.74 Å². The molecule has 3 aromatic heterocycles. The van der Waals surface area contributed by atoms with Gasteiger partial charge in [0.25, 0.3) is 0 Å². The van der Waals surface area contributed by atoms with Crippen LogP contribution in [-0.2, 0) is 0 Å². The predicted octanol–water partition coefficient (Wildman–Crippen LogP) is 3.68. The topological polar surface area (TPSA) is 70.2 Å². The average molecular weight is 427 g/mol. The van der Waals surface area contributed by atoms with Crippen molar-refractivity contribution in [3.05, 3.63) is 30.6 Å². The molecule has 1 N–H and O–H groups in total. The third-order valence-corrected chi connectivity index (χ3v) is 10.1. The van der Waals surface area contributed by atoms with Gasteiger partial charge in [-0.1, -0.05) is 0 Å². The smallest absolute Gasteiger partial charge is 0.214 e. The van der Waals surface area contributed by atoms with Crippen LogP contribution in [-0.4, -0.2) is 74.5 Å². The highest BCUT2D eigenvalue weighted by molar-refractivity contribution is 8.32. The maximum Gasteiger partial charge on any atom is 0.214 e. The summed E-state index contributed by atoms with van der Waals surface area (Å²) >= 11 is 0. The number of nitrogens with one attached hydrogen (secondary N) is 1. The number of fused-ring (bicyclic) bond motifs is 1. The Hall–Kier alpha value is -2.32. The summed E-state index contributed by atoms with van der Waals surface area (Å²) in [7, 11) is -0.473. The van der Waals surface area contributed by atoms with Crippen molar-refractivity contribution in [3.63, 3.8) is 0 Å². The van der Waals surface area contributed by atoms with E-state index < -0.39 is 10.2 Å². The number of anilines is 1. The van der Waals surface area contributed by atoms with Gasteiger partial charge in [-0.3, -0.25) is 9.40 Å². The lowest BCUT2D eigenvalue weighted by atomic mass is 10.1. The van der Waals surface area contributed by atoms with Crippen LogP contribution < -0.4 is 9.64 Å². The van der Waals surface area contributed by atoms with Crippen LogP contribution in [0.2, 0.25) is 0 Å². The van der Waals surface area contributed by atoms with Gasteiger partial charge in [-0.2, -0.15) is 15.3 Å². The molecule has 0 amide bonds. The zero-order valence-corrected chi connectivity index (χ0v) is 18.8. The van der Waals surface area contributed by atoms with Crippen molar-refractivity contribution in [2.75, 3.05) is 48.8 Å². The number of rotatable bonds is 5. The van der Waals surface area contributed by atoms with E-state index in [1.165, 1.54) is 17.9 Å². The highest BCUT2D eigenvalue weighted by atomic mass is 32.3. The van der Waals surface area contributed by atoms with Crippen LogP contribution in [0.4, 0.5) is 5.82 Å². The zero-order chi connectivity index (χ0) is 20.7. The van der Waals surface area contributed by atoms with Crippen LogP contribution in [0.5, 0.6) is 5.88 Å². The standard InChI is InChI=1S/C22H30N6OS/c1-16(2)29-21-14-18-19(15-24-21)25-26-22(18)17-5-6-23-20(13-17)27-7-9-28(10-8-27)30(3)11-4-12-30/h5-6,13-16H,4,7-12H2,1-3H3,(H,25,26). The molecule has 5 heterocycles. The summed E-state index contributed by atoms with van der Waals surface area (Å²) in [5.74, 6) is 4.50. The van der Waals surface area contributed by atoms with Gasteiger partial charge in [-0.25, -0.2) is 9.97 Å². The lowest BCUT2D eigenvalue weighted by molar-refractivity contribution is 0.233. The minimum absolute atomic E-state index is 0.0838. The summed E-state index contributed by atoms with van der Waals surface area (Å²) in [6.45, 7) is 8.37. The van der Waals surface area contributed by atoms with Crippen LogP contribution in [0.3, 0.4) is 0 Å². The predicted molar refractivity (Wildman–Crippen MR) is 125 cm³/mol. The summed E-state index contributed by atoms with van der Waals surface area (Å²) in [6.07, 6.45) is 7.67. The Bertz CT molecular complexity index is 1040. The van der Waals surface area contributed by atoms with E-state index in [4.69, 9.17) is 4.74 Å². The van der Waals surface area contributed by atoms with Gasteiger partial charge in [0.1, 0.15) is 11.5 Å². The molecular weight excluding hydrogens is 396 g/mol. The number of H-pyrrole nitrogens is 1. The van der Waals surface area contributed by atoms with Crippen molar-refractivity contribution in [2.24, 2.45) is 0 Å². The Labute approximate surface area is 179 Å². The lowest BCUT2D eigenvalue weighted by Crippen LogP contribution is -2.50. The fraction of sp³-hybridized carbons (Fsp3) is 0.500. The van der Waals surface area contributed by atoms with Crippen LogP contribution in [0, 0.1) is 0 Å². The van der Waals surface area contributed by atoms with Gasteiger partial charge in [-0.15, -0.1) is 0 Å². The van der Waals surface area contributed by atoms with E-state index in [9.17, 15) is 0 Å². The van der Waals surface area contributed by atoms with Crippen LogP contribution in [0.25, 0.3) is 22.2 Å². The number of pyridine rings is 2. The molecule has 5 rings (SSSR count). The number of ether oxygens (including phenoxy) is 1. The monoisotopic (exact) mass is 426 g/mol. The third-order valence-electron chi connectivity index (χ3n) is 6.15. The number of hydrogen-bond acceptors (Lipinski definition) is 6. The molecular formula is C22H30N6OS. The van der Waals surface area contributed by atoms with Gasteiger partial charge in [-0.05, 0) is 50.2 Å². The lowest BCUT2D eigenvalue weighted by Gasteiger charge is -2.55. The molecule has 2 aliphatic heterocycles. The summed E-state index contributed by atoms with van der Waals surface area (Å²) in [5, 5.41) is 8.68. The molecule has 30 heavy (non-hydrogen) atoms. The molecule has 2 saturated heterocycles. The SMILES string of the molecule is CC(C)Oc1cc2c(-c3ccnc(N4CCN(S5(C)CCC5)CC4)c3)n[nH]c2cn1. The van der Waals surface area contributed by atoms with E-state index in [0.29, 0.717) is 5.88 Å². The minimum Gasteiger partial charge on any atom is -0.475 e. The highest BCUT2D eigenvalue weighted by Crippen LogP contribution is 2.56. The van der Waals surface area contributed by atoms with E-state index in [2.05, 4.69) is 41.7 Å². The number of piperazine rings is 1. The quantitative estimate of drug-likeness (QED) is 0.671. The Balaban J connectivity index is 1.37. The van der Waals surface area contributed by atoms with Crippen LogP contribution in [0.1, 0.15) is 20.3 Å². The number of aromatic amines is 1. The van der Waals surface area contributed by atoms with Crippen LogP contribution in [0.15, 0.2) is 30.6 Å². The van der Waals surface area contributed by atoms with E-state index in [1.54, 1.807) is 6.20 Å². The van der Waals surface area contributed by atoms with E-state index >= 15 is 0 Å². The van der Waals surface area contributed by atoms with Crippen molar-refractivity contribution in [3.8, 4) is 17.1 Å². The molecule has 0 aliphatic carbocycles. The van der Waals surface area contributed by atoms with Gasteiger partial charge < -0.3 is 9.64 Å². The molecule has 0 radical (unpaired) electrons. The number of aromatic nitrogens is 4. The largest absolute Gasteiger partial charge is 0.475 e. The molecule has 8 heteroatoms. The maximum atomic E-state index is 5.78. The molecule has 3 aromatic rings. The van der Waals surface area contributed by atoms with Gasteiger partial charge in [0.2, 0.25) is 5.88 Å². The molecule has 0 spiro atoms. The highest BCUT2D eigenvalue weighted by Gasteiger charge is 2.34. The minimum atomic E-state index is -0.473. The summed E-state index contributed by atoms with van der Waals surface area (Å²) < 4.78 is 8.53. The summed E-state index contributed by atoms with van der Waals surface area (Å²) in [6, 6.07) is 6.15. The first kappa shape index (κ1) is 19.6. The zero-order valence-electron chi connectivity index (χ0n) is 18.0. The Kier molecular flexibility index (Phi) is 5.06. The molecule has 0 bridgehead atoms. The Morgan fingerprint density at radius 2 is 1.90 bits per heavy atom. The number of hydrogen-bond donors (Lipinski definition) is 1. The average Bonchev–Trinajstić information content (AvgIpc) is 3.15. The molecule has 0 aromatic carbocycles. The molecule has 0 unspecified atom stereocenters. The third kappa shape index (κ3) is 3.63. The van der Waals surface area contributed by atoms with Crippen LogP contribution >= 0.6 is 10.2 Å². The second kappa shape index (κ2) is 7.74. The Morgan fingerprint density at radius 1 is 1.10 bits per heavy atom. The van der Waals surface area contributed by atoms with Crippen molar-refractivity contribution in [2.45, 2.75) is 26.4 Å². The number of nitrogens with zero attached hydrogens (tertiary/aromatic N) is 5. The molecule has 160 valence electrons.